The Morgan fingerprint density at radius 1 is 1.26 bits per heavy atom. The maximum absolute atomic E-state index is 12.7. The van der Waals surface area contributed by atoms with Crippen molar-refractivity contribution in [3.05, 3.63) is 72.4 Å². The predicted octanol–water partition coefficient (Wildman–Crippen LogP) is 1.54. The molecule has 8 nitrogen and oxygen atoms in total. The SMILES string of the molecule is COc1ccc(-n2c(=O)[nH]cc(C(=O)NCc3sc(C)nc3C)c2=O)cc1. The first-order valence-electron chi connectivity index (χ1n) is 8.11. The van der Waals surface area contributed by atoms with Crippen LogP contribution in [0.25, 0.3) is 5.69 Å². The zero-order valence-corrected chi connectivity index (χ0v) is 15.8. The van der Waals surface area contributed by atoms with Crippen molar-refractivity contribution in [3.8, 4) is 11.4 Å². The van der Waals surface area contributed by atoms with Gasteiger partial charge in [-0.3, -0.25) is 9.59 Å². The summed E-state index contributed by atoms with van der Waals surface area (Å²) in [7, 11) is 1.52. The lowest BCUT2D eigenvalue weighted by molar-refractivity contribution is 0.0949. The minimum Gasteiger partial charge on any atom is -0.497 e. The van der Waals surface area contributed by atoms with Crippen LogP contribution >= 0.6 is 11.3 Å². The summed E-state index contributed by atoms with van der Waals surface area (Å²) in [6, 6.07) is 6.40. The monoisotopic (exact) mass is 386 g/mol. The average molecular weight is 386 g/mol. The first kappa shape index (κ1) is 18.6. The molecule has 140 valence electrons. The number of aromatic amines is 1. The normalized spacial score (nSPS) is 10.6. The van der Waals surface area contributed by atoms with Crippen LogP contribution in [0.1, 0.15) is 25.9 Å². The zero-order chi connectivity index (χ0) is 19.6. The average Bonchev–Trinajstić information content (AvgIpc) is 2.97. The molecule has 0 radical (unpaired) electrons. The van der Waals surface area contributed by atoms with Gasteiger partial charge in [0.25, 0.3) is 11.5 Å². The van der Waals surface area contributed by atoms with Crippen molar-refractivity contribution in [1.82, 2.24) is 19.9 Å². The maximum Gasteiger partial charge on any atom is 0.333 e. The number of ether oxygens (including phenoxy) is 1. The third-order valence-electron chi connectivity index (χ3n) is 3.96. The van der Waals surface area contributed by atoms with Crippen LogP contribution in [-0.4, -0.2) is 27.6 Å². The lowest BCUT2D eigenvalue weighted by atomic mass is 10.2. The summed E-state index contributed by atoms with van der Waals surface area (Å²) in [5.74, 6) is 0.0244. The Bertz CT molecular complexity index is 1100. The zero-order valence-electron chi connectivity index (χ0n) is 15.0. The third kappa shape index (κ3) is 3.82. The molecular formula is C18H18N4O4S. The van der Waals surface area contributed by atoms with E-state index in [9.17, 15) is 14.4 Å². The number of carbonyl (C=O) groups excluding carboxylic acids is 1. The minimum atomic E-state index is -0.696. The van der Waals surface area contributed by atoms with E-state index >= 15 is 0 Å². The van der Waals surface area contributed by atoms with E-state index < -0.39 is 17.2 Å². The van der Waals surface area contributed by atoms with Crippen LogP contribution in [0.15, 0.2) is 40.1 Å². The second-order valence-corrected chi connectivity index (χ2v) is 7.06. The van der Waals surface area contributed by atoms with Crippen molar-refractivity contribution in [3.63, 3.8) is 0 Å². The molecule has 0 saturated heterocycles. The van der Waals surface area contributed by atoms with Gasteiger partial charge >= 0.3 is 5.69 Å². The van der Waals surface area contributed by atoms with Crippen molar-refractivity contribution in [1.29, 1.82) is 0 Å². The Balaban J connectivity index is 1.90. The Morgan fingerprint density at radius 2 is 1.96 bits per heavy atom. The molecule has 0 aliphatic carbocycles. The Labute approximate surface area is 158 Å². The number of nitrogens with one attached hydrogen (secondary N) is 2. The Kier molecular flexibility index (Phi) is 5.22. The molecule has 3 aromatic rings. The smallest absolute Gasteiger partial charge is 0.333 e. The van der Waals surface area contributed by atoms with Gasteiger partial charge in [0.2, 0.25) is 0 Å². The molecule has 1 aromatic carbocycles. The number of hydrogen-bond donors (Lipinski definition) is 2. The minimum absolute atomic E-state index is 0.149. The quantitative estimate of drug-likeness (QED) is 0.692. The number of rotatable bonds is 5. The second-order valence-electron chi connectivity index (χ2n) is 5.77. The second kappa shape index (κ2) is 7.58. The van der Waals surface area contributed by atoms with E-state index in [1.807, 2.05) is 13.8 Å². The molecular weight excluding hydrogens is 368 g/mol. The summed E-state index contributed by atoms with van der Waals surface area (Å²) in [6.45, 7) is 4.01. The number of aryl methyl sites for hydroxylation is 2. The van der Waals surface area contributed by atoms with E-state index in [1.165, 1.54) is 18.4 Å². The van der Waals surface area contributed by atoms with E-state index in [-0.39, 0.29) is 12.1 Å². The molecule has 0 fully saturated rings. The molecule has 9 heteroatoms. The number of thiazole rings is 1. The molecule has 2 aromatic heterocycles. The molecule has 27 heavy (non-hydrogen) atoms. The Hall–Kier alpha value is -3.20. The molecule has 2 N–H and O–H groups in total. The highest BCUT2D eigenvalue weighted by Gasteiger charge is 2.16. The molecule has 0 spiro atoms. The van der Waals surface area contributed by atoms with Crippen LogP contribution in [0.3, 0.4) is 0 Å². The number of carbonyl (C=O) groups is 1. The van der Waals surface area contributed by atoms with Crippen LogP contribution < -0.4 is 21.3 Å². The molecule has 0 aliphatic rings. The number of aromatic nitrogens is 3. The fourth-order valence-electron chi connectivity index (χ4n) is 2.59. The molecule has 0 aliphatic heterocycles. The summed E-state index contributed by atoms with van der Waals surface area (Å²) >= 11 is 1.48. The van der Waals surface area contributed by atoms with Crippen LogP contribution in [0.2, 0.25) is 0 Å². The molecule has 0 atom stereocenters. The third-order valence-corrected chi connectivity index (χ3v) is 5.03. The molecule has 0 unspecified atom stereocenters. The summed E-state index contributed by atoms with van der Waals surface area (Å²) in [5, 5.41) is 3.61. The van der Waals surface area contributed by atoms with Gasteiger partial charge in [0.15, 0.2) is 0 Å². The predicted molar refractivity (Wildman–Crippen MR) is 102 cm³/mol. The van der Waals surface area contributed by atoms with Gasteiger partial charge in [-0.1, -0.05) is 0 Å². The van der Waals surface area contributed by atoms with E-state index in [0.717, 1.165) is 26.3 Å². The summed E-state index contributed by atoms with van der Waals surface area (Å²) < 4.78 is 5.98. The summed E-state index contributed by atoms with van der Waals surface area (Å²) in [4.78, 5) is 45.0. The van der Waals surface area contributed by atoms with Crippen molar-refractivity contribution < 1.29 is 9.53 Å². The highest BCUT2D eigenvalue weighted by Crippen LogP contribution is 2.16. The van der Waals surface area contributed by atoms with Crippen LogP contribution in [-0.2, 0) is 6.54 Å². The number of amides is 1. The van der Waals surface area contributed by atoms with Gasteiger partial charge in [0.05, 0.1) is 30.0 Å². The number of H-pyrrole nitrogens is 1. The molecule has 2 heterocycles. The standard InChI is InChI=1S/C18H18N4O4S/c1-10-15(27-11(2)21-10)9-19-16(23)14-8-20-18(25)22(17(14)24)12-4-6-13(26-3)7-5-12/h4-8H,9H2,1-3H3,(H,19,23)(H,20,25). The van der Waals surface area contributed by atoms with Crippen LogP contribution in [0, 0.1) is 13.8 Å². The lowest BCUT2D eigenvalue weighted by Crippen LogP contribution is -2.39. The number of nitrogens with zero attached hydrogens (tertiary/aromatic N) is 2. The van der Waals surface area contributed by atoms with Gasteiger partial charge < -0.3 is 15.0 Å². The maximum atomic E-state index is 12.7. The van der Waals surface area contributed by atoms with E-state index in [4.69, 9.17) is 4.74 Å². The van der Waals surface area contributed by atoms with E-state index in [1.54, 1.807) is 24.3 Å². The summed E-state index contributed by atoms with van der Waals surface area (Å²) in [6.07, 6.45) is 1.13. The molecule has 0 bridgehead atoms. The van der Waals surface area contributed by atoms with Gasteiger partial charge in [0, 0.05) is 11.1 Å². The first-order valence-corrected chi connectivity index (χ1v) is 8.92. The number of benzene rings is 1. The van der Waals surface area contributed by atoms with Gasteiger partial charge in [-0.05, 0) is 38.1 Å². The fourth-order valence-corrected chi connectivity index (χ4v) is 3.47. The molecule has 0 saturated carbocycles. The van der Waals surface area contributed by atoms with Crippen molar-refractivity contribution in [2.24, 2.45) is 0 Å². The van der Waals surface area contributed by atoms with Gasteiger partial charge in [0.1, 0.15) is 11.3 Å². The van der Waals surface area contributed by atoms with E-state index in [0.29, 0.717) is 11.4 Å². The van der Waals surface area contributed by atoms with Crippen LogP contribution in [0.5, 0.6) is 5.75 Å². The number of hydrogen-bond acceptors (Lipinski definition) is 6. The Morgan fingerprint density at radius 3 is 2.56 bits per heavy atom. The molecule has 1 amide bonds. The van der Waals surface area contributed by atoms with Gasteiger partial charge in [-0.15, -0.1) is 11.3 Å². The topological polar surface area (TPSA) is 106 Å². The lowest BCUT2D eigenvalue weighted by Gasteiger charge is -2.08. The molecule has 3 rings (SSSR count). The highest BCUT2D eigenvalue weighted by atomic mass is 32.1. The number of methoxy groups -OCH3 is 1. The van der Waals surface area contributed by atoms with E-state index in [2.05, 4.69) is 15.3 Å². The first-order chi connectivity index (χ1) is 12.9. The van der Waals surface area contributed by atoms with Crippen molar-refractivity contribution in [2.45, 2.75) is 20.4 Å². The largest absolute Gasteiger partial charge is 0.497 e. The van der Waals surface area contributed by atoms with Gasteiger partial charge in [-0.25, -0.2) is 14.3 Å². The fraction of sp³-hybridized carbons (Fsp3) is 0.222. The highest BCUT2D eigenvalue weighted by molar-refractivity contribution is 7.11. The summed E-state index contributed by atoms with van der Waals surface area (Å²) in [5.41, 5.74) is -0.292. The van der Waals surface area contributed by atoms with Crippen molar-refractivity contribution >= 4 is 17.2 Å². The van der Waals surface area contributed by atoms with Crippen LogP contribution in [0.4, 0.5) is 0 Å². The van der Waals surface area contributed by atoms with Gasteiger partial charge in [-0.2, -0.15) is 0 Å². The van der Waals surface area contributed by atoms with Crippen molar-refractivity contribution in [2.75, 3.05) is 7.11 Å².